The van der Waals surface area contributed by atoms with Gasteiger partial charge < -0.3 is 45.1 Å². The Balaban J connectivity index is 0.639. The fourth-order valence-corrected chi connectivity index (χ4v) is 9.77. The molecule has 0 bridgehead atoms. The van der Waals surface area contributed by atoms with Crippen molar-refractivity contribution < 1.29 is 43.9 Å². The quantitative estimate of drug-likeness (QED) is 0.0885. The van der Waals surface area contributed by atoms with Gasteiger partial charge in [0.15, 0.2) is 17.3 Å². The molecule has 0 radical (unpaired) electrons. The maximum atomic E-state index is 13.4. The number of hydrogen-bond acceptors (Lipinski definition) is 19. The summed E-state index contributed by atoms with van der Waals surface area (Å²) in [5.74, 6) is 2.03. The Labute approximate surface area is 443 Å². The summed E-state index contributed by atoms with van der Waals surface area (Å²) in [4.78, 5) is 66.9. The van der Waals surface area contributed by atoms with Crippen molar-refractivity contribution in [3.63, 3.8) is 0 Å². The van der Waals surface area contributed by atoms with Crippen molar-refractivity contribution in [2.24, 2.45) is 9.98 Å². The Morgan fingerprint density at radius 2 is 1.48 bits per heavy atom. The maximum Gasteiger partial charge on any atom is 0.415 e. The second kappa shape index (κ2) is 22.6. The number of aromatic hydroxyl groups is 3. The van der Waals surface area contributed by atoms with Crippen LogP contribution < -0.4 is 25.3 Å². The average molecular weight is 1050 g/mol. The van der Waals surface area contributed by atoms with E-state index in [9.17, 15) is 29.7 Å². The van der Waals surface area contributed by atoms with E-state index in [-0.39, 0.29) is 53.1 Å². The number of aromatic nitrogens is 5. The highest BCUT2D eigenvalue weighted by atomic mass is 16.6. The van der Waals surface area contributed by atoms with Gasteiger partial charge in [0, 0.05) is 96.0 Å². The van der Waals surface area contributed by atoms with Gasteiger partial charge in [-0.2, -0.15) is 0 Å². The lowest BCUT2D eigenvalue weighted by Gasteiger charge is -2.35. The van der Waals surface area contributed by atoms with Crippen LogP contribution in [0, 0.1) is 0 Å². The highest BCUT2D eigenvalue weighted by molar-refractivity contribution is 6.20. The first-order valence-corrected chi connectivity index (χ1v) is 25.5. The summed E-state index contributed by atoms with van der Waals surface area (Å²) in [6.07, 6.45) is 3.24. The number of nitrogens with two attached hydrogens (primary N) is 1. The van der Waals surface area contributed by atoms with Gasteiger partial charge in [-0.1, -0.05) is 43.2 Å². The number of amidine groups is 1. The predicted molar refractivity (Wildman–Crippen MR) is 284 cm³/mol. The molecule has 23 heteroatoms. The van der Waals surface area contributed by atoms with E-state index in [1.807, 2.05) is 72.2 Å². The zero-order valence-corrected chi connectivity index (χ0v) is 43.0. The van der Waals surface area contributed by atoms with E-state index in [0.717, 1.165) is 29.7 Å². The third-order valence-electron chi connectivity index (χ3n) is 14.0. The molecule has 6 N–H and O–H groups in total. The third kappa shape index (κ3) is 11.4. The molecule has 2 saturated heterocycles. The van der Waals surface area contributed by atoms with Gasteiger partial charge in [0.2, 0.25) is 17.8 Å². The minimum absolute atomic E-state index is 0.0128. The van der Waals surface area contributed by atoms with Crippen molar-refractivity contribution >= 4 is 41.3 Å². The number of benzene rings is 4. The molecule has 4 aromatic carbocycles. The molecule has 0 aliphatic carbocycles. The lowest BCUT2D eigenvalue weighted by Crippen LogP contribution is -2.49. The van der Waals surface area contributed by atoms with Gasteiger partial charge in [-0.15, -0.1) is 5.10 Å². The van der Waals surface area contributed by atoms with Gasteiger partial charge in [-0.25, -0.2) is 24.3 Å². The van der Waals surface area contributed by atoms with E-state index >= 15 is 0 Å². The van der Waals surface area contributed by atoms with Gasteiger partial charge >= 0.3 is 12.1 Å². The second-order valence-electron chi connectivity index (χ2n) is 19.4. The van der Waals surface area contributed by atoms with Crippen LogP contribution in [0.1, 0.15) is 58.8 Å². The topological polar surface area (TPSA) is 275 Å². The number of nitrogens with zero attached hydrogens (tertiary/aromatic N) is 12. The molecule has 3 amide bonds. The van der Waals surface area contributed by atoms with E-state index in [1.165, 1.54) is 23.0 Å². The number of amides is 3. The molecule has 400 valence electrons. The minimum Gasteiger partial charge on any atom is -0.508 e. The van der Waals surface area contributed by atoms with Crippen molar-refractivity contribution in [1.29, 1.82) is 0 Å². The summed E-state index contributed by atoms with van der Waals surface area (Å²) >= 11 is 0. The van der Waals surface area contributed by atoms with E-state index in [4.69, 9.17) is 24.9 Å². The smallest absolute Gasteiger partial charge is 0.415 e. The van der Waals surface area contributed by atoms with Crippen LogP contribution in [0.3, 0.4) is 0 Å². The number of aliphatic imine (C=N–C) groups is 2. The number of phenolic OH excluding ortho intramolecular Hbond substituents is 2. The molecule has 4 aliphatic rings. The van der Waals surface area contributed by atoms with Gasteiger partial charge in [0.25, 0.3) is 5.91 Å². The molecule has 2 fully saturated rings. The van der Waals surface area contributed by atoms with Crippen LogP contribution in [-0.2, 0) is 17.8 Å². The van der Waals surface area contributed by atoms with Crippen molar-refractivity contribution in [3.05, 3.63) is 113 Å². The van der Waals surface area contributed by atoms with Gasteiger partial charge in [-0.3, -0.25) is 34.6 Å². The van der Waals surface area contributed by atoms with Crippen LogP contribution in [0.15, 0.2) is 95.2 Å². The number of methoxy groups -OCH3 is 1. The number of carbonyl (C=O) groups excluding carboxylic acids is 3. The molecule has 0 spiro atoms. The fraction of sp³-hybridized carbons (Fsp3) is 0.352. The number of nitrogen functional groups attached to an aromatic ring is 1. The van der Waals surface area contributed by atoms with Crippen molar-refractivity contribution in [2.75, 3.05) is 91.4 Å². The summed E-state index contributed by atoms with van der Waals surface area (Å²) in [5.41, 5.74) is 10.5. The number of fused-ring (bicyclic) bond motifs is 3. The summed E-state index contributed by atoms with van der Waals surface area (Å²) in [6.45, 7) is 11.8. The third-order valence-corrected chi connectivity index (χ3v) is 14.0. The monoisotopic (exact) mass is 1050 g/mol. The number of piperazine rings is 2. The second-order valence-corrected chi connectivity index (χ2v) is 19.4. The highest BCUT2D eigenvalue weighted by Gasteiger charge is 2.34. The molecule has 23 nitrogen and oxygen atoms in total. The van der Waals surface area contributed by atoms with E-state index in [1.54, 1.807) is 30.2 Å². The molecule has 6 aromatic rings. The van der Waals surface area contributed by atoms with Gasteiger partial charge in [0.1, 0.15) is 28.8 Å². The SMILES string of the molecule is COc1c(OCCCN2CCN(C(=O)Oc3ccc(CC(=O)N4CCN(Cc5ccc(-n6c(O)nnc6-c6cc(C(C)C)c(O)cc6O)cc5)CC4)cc3)CC2)ccc2c1N=C(NC(=O)c1cnc(N)nc1)N1CCN=C21. The largest absolute Gasteiger partial charge is 0.508 e. The Bertz CT molecular complexity index is 3200. The summed E-state index contributed by atoms with van der Waals surface area (Å²) in [6, 6.07) is 21.1. The molecule has 0 atom stereocenters. The zero-order chi connectivity index (χ0) is 53.7. The standard InChI is InChI=1S/C54H60N14O9/c1-33(2)40-28-41(43(70)29-42(40)69)49-61-62-53(73)68(49)37-9-5-35(6-10-37)32-64-20-22-65(23-21-64)45(71)27-34-7-11-38(12-8-34)77-54(74)66-24-18-63(19-25-66)16-4-26-76-44-14-13-39-46(47(44)75-3)59-52(67-17-15-56-48(39)67)60-50(72)36-30-57-51(55)58-31-36/h5-14,28-31,33,69-70H,4,15-27,32H2,1-3H3,(H,62,73)(H2,55,57,58)(H,59,60,72). The predicted octanol–water partition coefficient (Wildman–Crippen LogP) is 4.52. The summed E-state index contributed by atoms with van der Waals surface area (Å²) in [7, 11) is 1.55. The molecule has 10 rings (SSSR count). The number of carbonyl (C=O) groups is 3. The number of hydrogen-bond donors (Lipinski definition) is 5. The molecule has 4 aliphatic heterocycles. The van der Waals surface area contributed by atoms with Crippen LogP contribution in [-0.4, -0.2) is 180 Å². The Hall–Kier alpha value is -8.83. The normalized spacial score (nSPS) is 15.7. The van der Waals surface area contributed by atoms with Crippen LogP contribution in [0.2, 0.25) is 0 Å². The van der Waals surface area contributed by atoms with E-state index in [2.05, 4.69) is 40.3 Å². The van der Waals surface area contributed by atoms with Gasteiger partial charge in [0.05, 0.1) is 43.5 Å². The fourth-order valence-electron chi connectivity index (χ4n) is 9.77. The molecule has 6 heterocycles. The number of anilines is 1. The highest BCUT2D eigenvalue weighted by Crippen LogP contribution is 2.44. The molecule has 77 heavy (non-hydrogen) atoms. The Kier molecular flexibility index (Phi) is 15.1. The Morgan fingerprint density at radius 3 is 2.19 bits per heavy atom. The summed E-state index contributed by atoms with van der Waals surface area (Å²) < 4.78 is 19.2. The average Bonchev–Trinajstić information content (AvgIpc) is 4.10. The minimum atomic E-state index is -0.440. The molecule has 0 unspecified atom stereocenters. The number of guanidine groups is 1. The zero-order valence-electron chi connectivity index (χ0n) is 43.0. The molecule has 0 saturated carbocycles. The molecular weight excluding hydrogens is 989 g/mol. The van der Waals surface area contributed by atoms with E-state index in [0.29, 0.717) is 130 Å². The van der Waals surface area contributed by atoms with Crippen molar-refractivity contribution in [1.82, 2.24) is 54.5 Å². The van der Waals surface area contributed by atoms with Crippen molar-refractivity contribution in [2.45, 2.75) is 39.2 Å². The van der Waals surface area contributed by atoms with E-state index < -0.39 is 12.0 Å². The lowest BCUT2D eigenvalue weighted by atomic mass is 9.98. The number of rotatable bonds is 15. The summed E-state index contributed by atoms with van der Waals surface area (Å²) in [5, 5.41) is 42.5. The maximum absolute atomic E-state index is 13.4. The van der Waals surface area contributed by atoms with Crippen LogP contribution in [0.25, 0.3) is 17.1 Å². The van der Waals surface area contributed by atoms with Crippen LogP contribution in [0.4, 0.5) is 16.4 Å². The Morgan fingerprint density at radius 1 is 0.779 bits per heavy atom. The first kappa shape index (κ1) is 51.6. The first-order chi connectivity index (χ1) is 37.3. The lowest BCUT2D eigenvalue weighted by molar-refractivity contribution is -0.132. The first-order valence-electron chi connectivity index (χ1n) is 25.5. The molecule has 2 aromatic heterocycles. The number of phenols is 2. The number of nitrogens with one attached hydrogen (secondary N) is 1. The van der Waals surface area contributed by atoms with Crippen molar-refractivity contribution in [3.8, 4) is 51.8 Å². The van der Waals surface area contributed by atoms with Crippen LogP contribution in [0.5, 0.6) is 34.8 Å². The van der Waals surface area contributed by atoms with Gasteiger partial charge in [-0.05, 0) is 71.5 Å². The van der Waals surface area contributed by atoms with Crippen LogP contribution >= 0.6 is 0 Å². The molecular formula is C54H60N14O9. The number of ether oxygens (including phenoxy) is 3.